The number of nitrogens with zero attached hydrogens (tertiary/aromatic N) is 1. The maximum Gasteiger partial charge on any atom is 0.215 e. The normalized spacial score (nSPS) is 9.27. The first-order valence-corrected chi connectivity index (χ1v) is 3.11. The summed E-state index contributed by atoms with van der Waals surface area (Å²) in [6.45, 7) is 0. The summed E-state index contributed by atoms with van der Waals surface area (Å²) in [7, 11) is 3.08. The van der Waals surface area contributed by atoms with E-state index in [2.05, 4.69) is 4.98 Å². The molecule has 0 aromatic carbocycles. The van der Waals surface area contributed by atoms with E-state index in [1.165, 1.54) is 13.3 Å². The summed E-state index contributed by atoms with van der Waals surface area (Å²) in [5.41, 5.74) is 6.09. The molecule has 0 aliphatic heterocycles. The van der Waals surface area contributed by atoms with Crippen molar-refractivity contribution in [1.29, 1.82) is 0 Å². The summed E-state index contributed by atoms with van der Waals surface area (Å²) in [5, 5.41) is 0. The molecule has 0 unspecified atom stereocenters. The number of rotatable bonds is 2. The second-order valence-corrected chi connectivity index (χ2v) is 1.97. The molecule has 0 saturated carbocycles. The molecule has 4 heteroatoms. The molecule has 0 atom stereocenters. The summed E-state index contributed by atoms with van der Waals surface area (Å²) in [6, 6.07) is 1.61. The van der Waals surface area contributed by atoms with Crippen LogP contribution in [0.1, 0.15) is 0 Å². The largest absolute Gasteiger partial charge is 0.493 e. The standard InChI is InChI=1S/C7H10N2O2/c1-10-6-4-9-7(11-2)3-5(6)8/h3-4H,1-2H3,(H2,8,9). The highest BCUT2D eigenvalue weighted by molar-refractivity contribution is 5.52. The molecule has 0 aliphatic carbocycles. The predicted molar refractivity (Wildman–Crippen MR) is 41.8 cm³/mol. The van der Waals surface area contributed by atoms with Crippen molar-refractivity contribution in [3.05, 3.63) is 12.3 Å². The Kier molecular flexibility index (Phi) is 2.15. The molecule has 0 bridgehead atoms. The number of methoxy groups -OCH3 is 2. The van der Waals surface area contributed by atoms with Gasteiger partial charge in [-0.1, -0.05) is 0 Å². The van der Waals surface area contributed by atoms with Crippen LogP contribution in [0.5, 0.6) is 11.6 Å². The Hall–Kier alpha value is -1.45. The van der Waals surface area contributed by atoms with Crippen LogP contribution in [0.4, 0.5) is 5.69 Å². The number of hydrogen-bond donors (Lipinski definition) is 1. The van der Waals surface area contributed by atoms with Gasteiger partial charge in [-0.3, -0.25) is 0 Å². The van der Waals surface area contributed by atoms with Gasteiger partial charge < -0.3 is 15.2 Å². The Morgan fingerprint density at radius 3 is 2.55 bits per heavy atom. The van der Waals surface area contributed by atoms with E-state index in [0.717, 1.165) is 0 Å². The van der Waals surface area contributed by atoms with E-state index in [1.807, 2.05) is 0 Å². The third-order valence-electron chi connectivity index (χ3n) is 1.30. The van der Waals surface area contributed by atoms with Crippen molar-refractivity contribution in [1.82, 2.24) is 4.98 Å². The van der Waals surface area contributed by atoms with Crippen molar-refractivity contribution in [2.24, 2.45) is 0 Å². The van der Waals surface area contributed by atoms with Crippen molar-refractivity contribution in [2.45, 2.75) is 0 Å². The first kappa shape index (κ1) is 7.65. The Bertz CT molecular complexity index is 250. The zero-order chi connectivity index (χ0) is 8.27. The van der Waals surface area contributed by atoms with E-state index >= 15 is 0 Å². The molecule has 2 N–H and O–H groups in total. The monoisotopic (exact) mass is 154 g/mol. The van der Waals surface area contributed by atoms with Gasteiger partial charge in [0.25, 0.3) is 0 Å². The van der Waals surface area contributed by atoms with Gasteiger partial charge in [-0.15, -0.1) is 0 Å². The zero-order valence-corrected chi connectivity index (χ0v) is 6.50. The minimum absolute atomic E-state index is 0.489. The first-order chi connectivity index (χ1) is 5.27. The lowest BCUT2D eigenvalue weighted by Gasteiger charge is -2.04. The zero-order valence-electron chi connectivity index (χ0n) is 6.50. The van der Waals surface area contributed by atoms with Crippen molar-refractivity contribution < 1.29 is 9.47 Å². The number of ether oxygens (including phenoxy) is 2. The van der Waals surface area contributed by atoms with Gasteiger partial charge in [0.1, 0.15) is 0 Å². The molecule has 1 heterocycles. The van der Waals surface area contributed by atoms with E-state index < -0.39 is 0 Å². The molecule has 1 rings (SSSR count). The summed E-state index contributed by atoms with van der Waals surface area (Å²) in [5.74, 6) is 1.05. The van der Waals surface area contributed by atoms with Crippen LogP contribution in [0.3, 0.4) is 0 Å². The molecule has 0 spiro atoms. The van der Waals surface area contributed by atoms with Crippen molar-refractivity contribution >= 4 is 5.69 Å². The van der Waals surface area contributed by atoms with Gasteiger partial charge in [-0.2, -0.15) is 0 Å². The predicted octanol–water partition coefficient (Wildman–Crippen LogP) is 0.681. The minimum Gasteiger partial charge on any atom is -0.493 e. The fourth-order valence-electron chi connectivity index (χ4n) is 0.720. The lowest BCUT2D eigenvalue weighted by atomic mass is 10.4. The highest BCUT2D eigenvalue weighted by Crippen LogP contribution is 2.22. The van der Waals surface area contributed by atoms with Crippen LogP contribution >= 0.6 is 0 Å². The maximum absolute atomic E-state index is 5.56. The molecule has 0 radical (unpaired) electrons. The molecule has 0 aliphatic rings. The lowest BCUT2D eigenvalue weighted by Crippen LogP contribution is -1.95. The number of nitrogen functional groups attached to an aromatic ring is 1. The first-order valence-electron chi connectivity index (χ1n) is 3.11. The second kappa shape index (κ2) is 3.09. The van der Waals surface area contributed by atoms with Gasteiger partial charge in [-0.25, -0.2) is 4.98 Å². The van der Waals surface area contributed by atoms with Gasteiger partial charge >= 0.3 is 0 Å². The minimum atomic E-state index is 0.489. The van der Waals surface area contributed by atoms with Crippen LogP contribution in [0, 0.1) is 0 Å². The summed E-state index contributed by atoms with van der Waals surface area (Å²) in [6.07, 6.45) is 1.52. The molecular weight excluding hydrogens is 144 g/mol. The maximum atomic E-state index is 5.56. The van der Waals surface area contributed by atoms with Crippen LogP contribution in [0.2, 0.25) is 0 Å². The van der Waals surface area contributed by atoms with Gasteiger partial charge in [0.15, 0.2) is 5.75 Å². The number of anilines is 1. The Balaban J connectivity index is 2.99. The molecular formula is C7H10N2O2. The van der Waals surface area contributed by atoms with Crippen LogP contribution in [0.25, 0.3) is 0 Å². The fourth-order valence-corrected chi connectivity index (χ4v) is 0.720. The number of nitrogens with two attached hydrogens (primary N) is 1. The number of aromatic nitrogens is 1. The van der Waals surface area contributed by atoms with E-state index in [9.17, 15) is 0 Å². The Morgan fingerprint density at radius 1 is 1.36 bits per heavy atom. The van der Waals surface area contributed by atoms with Crippen LogP contribution < -0.4 is 15.2 Å². The molecule has 0 fully saturated rings. The lowest BCUT2D eigenvalue weighted by molar-refractivity contribution is 0.389. The molecule has 11 heavy (non-hydrogen) atoms. The van der Waals surface area contributed by atoms with Crippen molar-refractivity contribution in [3.63, 3.8) is 0 Å². The molecule has 1 aromatic heterocycles. The number of pyridine rings is 1. The third-order valence-corrected chi connectivity index (χ3v) is 1.30. The van der Waals surface area contributed by atoms with Gasteiger partial charge in [0.2, 0.25) is 5.88 Å². The van der Waals surface area contributed by atoms with E-state index in [0.29, 0.717) is 17.3 Å². The summed E-state index contributed by atoms with van der Waals surface area (Å²) in [4.78, 5) is 3.90. The number of hydrogen-bond acceptors (Lipinski definition) is 4. The van der Waals surface area contributed by atoms with Crippen LogP contribution in [0.15, 0.2) is 12.3 Å². The highest BCUT2D eigenvalue weighted by Gasteiger charge is 2.00. The van der Waals surface area contributed by atoms with Gasteiger partial charge in [-0.05, 0) is 0 Å². The smallest absolute Gasteiger partial charge is 0.215 e. The molecule has 0 saturated heterocycles. The molecule has 4 nitrogen and oxygen atoms in total. The Labute approximate surface area is 64.9 Å². The fraction of sp³-hybridized carbons (Fsp3) is 0.286. The topological polar surface area (TPSA) is 57.4 Å². The molecule has 1 aromatic rings. The van der Waals surface area contributed by atoms with Crippen molar-refractivity contribution in [3.8, 4) is 11.6 Å². The van der Waals surface area contributed by atoms with E-state index in [4.69, 9.17) is 15.2 Å². The molecule has 60 valence electrons. The Morgan fingerprint density at radius 2 is 2.09 bits per heavy atom. The van der Waals surface area contributed by atoms with Crippen molar-refractivity contribution in [2.75, 3.05) is 20.0 Å². The average Bonchev–Trinajstić information content (AvgIpc) is 2.04. The van der Waals surface area contributed by atoms with Gasteiger partial charge in [0.05, 0.1) is 26.1 Å². The van der Waals surface area contributed by atoms with E-state index in [-0.39, 0.29) is 0 Å². The van der Waals surface area contributed by atoms with Gasteiger partial charge in [0, 0.05) is 6.07 Å². The van der Waals surface area contributed by atoms with Crippen LogP contribution in [-0.4, -0.2) is 19.2 Å². The van der Waals surface area contributed by atoms with E-state index in [1.54, 1.807) is 13.2 Å². The second-order valence-electron chi connectivity index (χ2n) is 1.97. The average molecular weight is 154 g/mol. The summed E-state index contributed by atoms with van der Waals surface area (Å²) < 4.78 is 9.75. The SMILES string of the molecule is COc1cc(N)c(OC)cn1. The quantitative estimate of drug-likeness (QED) is 0.680. The summed E-state index contributed by atoms with van der Waals surface area (Å²) >= 11 is 0. The third kappa shape index (κ3) is 1.52. The van der Waals surface area contributed by atoms with Crippen LogP contribution in [-0.2, 0) is 0 Å². The molecule has 0 amide bonds. The highest BCUT2D eigenvalue weighted by atomic mass is 16.5.